The largest absolute Gasteiger partial charge is 0.491 e. The van der Waals surface area contributed by atoms with E-state index >= 15 is 0 Å². The van der Waals surface area contributed by atoms with Crippen LogP contribution in [0.4, 0.5) is 5.69 Å². The lowest BCUT2D eigenvalue weighted by atomic mass is 10.2. The highest BCUT2D eigenvalue weighted by Crippen LogP contribution is 2.21. The van der Waals surface area contributed by atoms with E-state index < -0.39 is 0 Å². The number of halogens is 1. The molecule has 6 heteroatoms. The maximum atomic E-state index is 12.0. The van der Waals surface area contributed by atoms with Crippen LogP contribution >= 0.6 is 11.6 Å². The van der Waals surface area contributed by atoms with Gasteiger partial charge in [0.1, 0.15) is 18.1 Å². The van der Waals surface area contributed by atoms with Gasteiger partial charge in [-0.3, -0.25) is 4.79 Å². The number of hydrogen-bond donors (Lipinski definition) is 1. The fourth-order valence-corrected chi connectivity index (χ4v) is 2.20. The molecule has 0 aliphatic carbocycles. The number of nitrogens with one attached hydrogen (secondary N) is 1. The number of anilines is 1. The van der Waals surface area contributed by atoms with E-state index in [9.17, 15) is 4.79 Å². The van der Waals surface area contributed by atoms with Crippen LogP contribution in [0, 0.1) is 6.92 Å². The first-order valence-electron chi connectivity index (χ1n) is 8.08. The molecule has 2 aromatic rings. The predicted molar refractivity (Wildman–Crippen MR) is 98.7 cm³/mol. The third-order valence-electron chi connectivity index (χ3n) is 3.32. The molecule has 2 rings (SSSR count). The second-order valence-corrected chi connectivity index (χ2v) is 5.73. The van der Waals surface area contributed by atoms with Crippen LogP contribution in [0.2, 0.25) is 5.02 Å². The highest BCUT2D eigenvalue weighted by Gasteiger charge is 2.06. The summed E-state index contributed by atoms with van der Waals surface area (Å²) in [6, 6.07) is 12.5. The Balaban J connectivity index is 1.82. The molecule has 2 aromatic carbocycles. The standard InChI is InChI=1S/C19H22ClNO4/c1-3-23-9-10-24-16-6-4-5-15(12-16)21-19(22)13-25-17-7-8-18(20)14(2)11-17/h4-8,11-12H,3,9-10,13H2,1-2H3,(H,21,22). The van der Waals surface area contributed by atoms with Gasteiger partial charge < -0.3 is 19.5 Å². The van der Waals surface area contributed by atoms with Gasteiger partial charge in [-0.15, -0.1) is 0 Å². The molecule has 0 atom stereocenters. The minimum absolute atomic E-state index is 0.0868. The molecule has 0 spiro atoms. The van der Waals surface area contributed by atoms with E-state index in [1.807, 2.05) is 26.0 Å². The Bertz CT molecular complexity index is 706. The summed E-state index contributed by atoms with van der Waals surface area (Å²) in [5.74, 6) is 1.02. The Morgan fingerprint density at radius 1 is 1.08 bits per heavy atom. The van der Waals surface area contributed by atoms with E-state index in [-0.39, 0.29) is 12.5 Å². The second kappa shape index (κ2) is 9.91. The van der Waals surface area contributed by atoms with Crippen molar-refractivity contribution >= 4 is 23.2 Å². The third kappa shape index (κ3) is 6.64. The molecule has 0 aliphatic rings. The van der Waals surface area contributed by atoms with E-state index in [1.165, 1.54) is 0 Å². The van der Waals surface area contributed by atoms with Crippen LogP contribution in [-0.2, 0) is 9.53 Å². The van der Waals surface area contributed by atoms with Gasteiger partial charge >= 0.3 is 0 Å². The Labute approximate surface area is 152 Å². The molecule has 0 unspecified atom stereocenters. The van der Waals surface area contributed by atoms with Gasteiger partial charge in [-0.25, -0.2) is 0 Å². The smallest absolute Gasteiger partial charge is 0.262 e. The van der Waals surface area contributed by atoms with Gasteiger partial charge in [0.25, 0.3) is 5.91 Å². The Morgan fingerprint density at radius 2 is 1.88 bits per heavy atom. The van der Waals surface area contributed by atoms with Crippen molar-refractivity contribution in [3.63, 3.8) is 0 Å². The van der Waals surface area contributed by atoms with Crippen molar-refractivity contribution in [1.29, 1.82) is 0 Å². The molecular formula is C19H22ClNO4. The van der Waals surface area contributed by atoms with Crippen molar-refractivity contribution in [2.45, 2.75) is 13.8 Å². The number of amides is 1. The number of aryl methyl sites for hydroxylation is 1. The van der Waals surface area contributed by atoms with Crippen LogP contribution < -0.4 is 14.8 Å². The quantitative estimate of drug-likeness (QED) is 0.682. The summed E-state index contributed by atoms with van der Waals surface area (Å²) in [6.45, 7) is 5.38. The van der Waals surface area contributed by atoms with Gasteiger partial charge in [-0.2, -0.15) is 0 Å². The van der Waals surface area contributed by atoms with Gasteiger partial charge in [-0.1, -0.05) is 17.7 Å². The average molecular weight is 364 g/mol. The Kier molecular flexibility index (Phi) is 7.57. The first-order valence-corrected chi connectivity index (χ1v) is 8.45. The van der Waals surface area contributed by atoms with Crippen molar-refractivity contribution in [3.05, 3.63) is 53.1 Å². The molecule has 0 saturated heterocycles. The van der Waals surface area contributed by atoms with Crippen molar-refractivity contribution in [1.82, 2.24) is 0 Å². The topological polar surface area (TPSA) is 56.8 Å². The van der Waals surface area contributed by atoms with E-state index in [4.69, 9.17) is 25.8 Å². The minimum atomic E-state index is -0.251. The molecule has 0 aliphatic heterocycles. The molecule has 0 aromatic heterocycles. The van der Waals surface area contributed by atoms with Crippen LogP contribution in [0.15, 0.2) is 42.5 Å². The molecular weight excluding hydrogens is 342 g/mol. The van der Waals surface area contributed by atoms with E-state index in [2.05, 4.69) is 5.32 Å². The molecule has 0 bridgehead atoms. The summed E-state index contributed by atoms with van der Waals surface area (Å²) in [6.07, 6.45) is 0. The van der Waals surface area contributed by atoms with Gasteiger partial charge in [-0.05, 0) is 49.7 Å². The monoisotopic (exact) mass is 363 g/mol. The summed E-state index contributed by atoms with van der Waals surface area (Å²) >= 11 is 5.96. The number of rotatable bonds is 9. The van der Waals surface area contributed by atoms with Crippen LogP contribution in [0.3, 0.4) is 0 Å². The van der Waals surface area contributed by atoms with Crippen LogP contribution in [0.5, 0.6) is 11.5 Å². The first kappa shape index (κ1) is 19.1. The molecule has 1 amide bonds. The fourth-order valence-electron chi connectivity index (χ4n) is 2.08. The Morgan fingerprint density at radius 3 is 2.64 bits per heavy atom. The highest BCUT2D eigenvalue weighted by molar-refractivity contribution is 6.31. The Hall–Kier alpha value is -2.24. The lowest BCUT2D eigenvalue weighted by Crippen LogP contribution is -2.20. The van der Waals surface area contributed by atoms with Gasteiger partial charge in [0.2, 0.25) is 0 Å². The summed E-state index contributed by atoms with van der Waals surface area (Å²) < 4.78 is 16.3. The van der Waals surface area contributed by atoms with Gasteiger partial charge in [0, 0.05) is 23.4 Å². The molecule has 25 heavy (non-hydrogen) atoms. The van der Waals surface area contributed by atoms with Crippen LogP contribution in [-0.4, -0.2) is 32.3 Å². The summed E-state index contributed by atoms with van der Waals surface area (Å²) in [5, 5.41) is 3.44. The number of carbonyl (C=O) groups excluding carboxylic acids is 1. The summed E-state index contributed by atoms with van der Waals surface area (Å²) in [5.41, 5.74) is 1.55. The van der Waals surface area contributed by atoms with E-state index in [0.717, 1.165) is 5.56 Å². The summed E-state index contributed by atoms with van der Waals surface area (Å²) in [7, 11) is 0. The zero-order valence-corrected chi connectivity index (χ0v) is 15.1. The van der Waals surface area contributed by atoms with Gasteiger partial charge in [0.15, 0.2) is 6.61 Å². The van der Waals surface area contributed by atoms with Crippen molar-refractivity contribution < 1.29 is 19.0 Å². The molecule has 0 saturated carbocycles. The molecule has 134 valence electrons. The highest BCUT2D eigenvalue weighted by atomic mass is 35.5. The van der Waals surface area contributed by atoms with Crippen molar-refractivity contribution in [2.75, 3.05) is 31.7 Å². The normalized spacial score (nSPS) is 10.4. The lowest BCUT2D eigenvalue weighted by Gasteiger charge is -2.10. The SMILES string of the molecule is CCOCCOc1cccc(NC(=O)COc2ccc(Cl)c(C)c2)c1. The number of ether oxygens (including phenoxy) is 3. The van der Waals surface area contributed by atoms with Crippen LogP contribution in [0.1, 0.15) is 12.5 Å². The molecule has 0 fully saturated rings. The van der Waals surface area contributed by atoms with Crippen molar-refractivity contribution in [3.8, 4) is 11.5 Å². The van der Waals surface area contributed by atoms with Crippen LogP contribution in [0.25, 0.3) is 0 Å². The fraction of sp³-hybridized carbons (Fsp3) is 0.316. The molecule has 5 nitrogen and oxygen atoms in total. The predicted octanol–water partition coefficient (Wildman–Crippen LogP) is 4.08. The average Bonchev–Trinajstić information content (AvgIpc) is 2.60. The van der Waals surface area contributed by atoms with E-state index in [0.29, 0.717) is 42.0 Å². The number of carbonyl (C=O) groups is 1. The molecule has 0 heterocycles. The van der Waals surface area contributed by atoms with E-state index in [1.54, 1.807) is 30.3 Å². The third-order valence-corrected chi connectivity index (χ3v) is 3.74. The maximum absolute atomic E-state index is 12.0. The second-order valence-electron chi connectivity index (χ2n) is 5.32. The zero-order valence-electron chi connectivity index (χ0n) is 14.4. The molecule has 0 radical (unpaired) electrons. The number of hydrogen-bond acceptors (Lipinski definition) is 4. The maximum Gasteiger partial charge on any atom is 0.262 e. The van der Waals surface area contributed by atoms with Gasteiger partial charge in [0.05, 0.1) is 6.61 Å². The minimum Gasteiger partial charge on any atom is -0.491 e. The van der Waals surface area contributed by atoms with Crippen molar-refractivity contribution in [2.24, 2.45) is 0 Å². The zero-order chi connectivity index (χ0) is 18.1. The summed E-state index contributed by atoms with van der Waals surface area (Å²) in [4.78, 5) is 12.0. The number of benzene rings is 2. The molecule has 1 N–H and O–H groups in total. The lowest BCUT2D eigenvalue weighted by molar-refractivity contribution is -0.118. The first-order chi connectivity index (χ1) is 12.1.